The summed E-state index contributed by atoms with van der Waals surface area (Å²) in [5, 5.41) is 6.89. The molecular weight excluding hydrogens is 498 g/mol. The largest absolute Gasteiger partial charge is 0.486 e. The summed E-state index contributed by atoms with van der Waals surface area (Å²) in [7, 11) is 0. The van der Waals surface area contributed by atoms with Gasteiger partial charge in [-0.25, -0.2) is 0 Å². The molecule has 36 heavy (non-hydrogen) atoms. The van der Waals surface area contributed by atoms with Crippen molar-refractivity contribution in [3.05, 3.63) is 59.2 Å². The molecule has 0 spiro atoms. The smallest absolute Gasteiger partial charge is 0.220 e. The molecule has 10 heteroatoms. The van der Waals surface area contributed by atoms with E-state index in [0.29, 0.717) is 36.2 Å². The molecule has 2 atom stereocenters. The highest BCUT2D eigenvalue weighted by molar-refractivity contribution is 7.13. The maximum Gasteiger partial charge on any atom is 0.220 e. The van der Waals surface area contributed by atoms with Crippen LogP contribution < -0.4 is 20.1 Å². The van der Waals surface area contributed by atoms with Gasteiger partial charge in [-0.2, -0.15) is 4.37 Å². The molecule has 2 N–H and O–H groups in total. The Morgan fingerprint density at radius 3 is 2.86 bits per heavy atom. The van der Waals surface area contributed by atoms with Gasteiger partial charge in [-0.15, -0.1) is 0 Å². The van der Waals surface area contributed by atoms with Gasteiger partial charge in [-0.3, -0.25) is 14.8 Å². The number of hydrogen-bond donors (Lipinski definition) is 2. The Hall–Kier alpha value is -3.69. The van der Waals surface area contributed by atoms with Crippen LogP contribution in [0.3, 0.4) is 0 Å². The molecule has 2 aromatic carbocycles. The summed E-state index contributed by atoms with van der Waals surface area (Å²) < 4.78 is 16.9. The molecule has 6 rings (SSSR count). The Morgan fingerprint density at radius 2 is 2.06 bits per heavy atom. The van der Waals surface area contributed by atoms with Crippen LogP contribution in [-0.2, 0) is 4.79 Å². The van der Waals surface area contributed by atoms with E-state index in [0.717, 1.165) is 44.8 Å². The summed E-state index contributed by atoms with van der Waals surface area (Å²) in [6.45, 7) is 4.80. The number of hydrogen-bond acceptors (Lipinski definition) is 8. The third kappa shape index (κ3) is 4.14. The van der Waals surface area contributed by atoms with Gasteiger partial charge < -0.3 is 20.1 Å². The third-order valence-electron chi connectivity index (χ3n) is 6.39. The number of carbonyl (C=O) groups is 1. The van der Waals surface area contributed by atoms with Crippen molar-refractivity contribution in [1.29, 1.82) is 0 Å². The minimum atomic E-state index is -0.246. The zero-order chi connectivity index (χ0) is 24.6. The first-order valence-corrected chi connectivity index (χ1v) is 12.7. The Bertz CT molecular complexity index is 1490. The van der Waals surface area contributed by atoms with Crippen molar-refractivity contribution < 1.29 is 14.3 Å². The number of benzene rings is 2. The highest BCUT2D eigenvalue weighted by Gasteiger charge is 2.29. The second kappa shape index (κ2) is 9.40. The normalized spacial score (nSPS) is 17.6. The van der Waals surface area contributed by atoms with E-state index >= 15 is 0 Å². The SMILES string of the molecule is C=NC(c1cnc2c(Nc3cccc(-c4ccc5c(c4)OCCO5)c3Cl)nsc2c1)C1CCC(=O)N1. The summed E-state index contributed by atoms with van der Waals surface area (Å²) in [5.41, 5.74) is 4.16. The van der Waals surface area contributed by atoms with Crippen LogP contribution in [0, 0.1) is 0 Å². The highest BCUT2D eigenvalue weighted by atomic mass is 35.5. The minimum Gasteiger partial charge on any atom is -0.486 e. The fourth-order valence-corrected chi connectivity index (χ4v) is 5.65. The molecule has 182 valence electrons. The molecule has 0 aliphatic carbocycles. The molecule has 2 unspecified atom stereocenters. The summed E-state index contributed by atoms with van der Waals surface area (Å²) in [6.07, 6.45) is 3.01. The molecule has 1 amide bonds. The highest BCUT2D eigenvalue weighted by Crippen LogP contribution is 2.40. The molecule has 2 aliphatic rings. The summed E-state index contributed by atoms with van der Waals surface area (Å²) >= 11 is 8.17. The number of anilines is 2. The zero-order valence-corrected chi connectivity index (χ0v) is 20.7. The number of halogens is 1. The van der Waals surface area contributed by atoms with Crippen LogP contribution in [0.25, 0.3) is 21.3 Å². The minimum absolute atomic E-state index is 0.0438. The van der Waals surface area contributed by atoms with E-state index in [1.54, 1.807) is 6.20 Å². The Labute approximate surface area is 216 Å². The van der Waals surface area contributed by atoms with Crippen molar-refractivity contribution >= 4 is 57.5 Å². The van der Waals surface area contributed by atoms with Crippen molar-refractivity contribution in [1.82, 2.24) is 14.7 Å². The van der Waals surface area contributed by atoms with E-state index in [9.17, 15) is 4.79 Å². The predicted octanol–water partition coefficient (Wildman–Crippen LogP) is 5.55. The number of ether oxygens (including phenoxy) is 2. The van der Waals surface area contributed by atoms with Gasteiger partial charge in [0.05, 0.1) is 27.5 Å². The van der Waals surface area contributed by atoms with Crippen molar-refractivity contribution in [2.24, 2.45) is 4.99 Å². The average molecular weight is 520 g/mol. The summed E-state index contributed by atoms with van der Waals surface area (Å²) in [4.78, 5) is 20.6. The average Bonchev–Trinajstić information content (AvgIpc) is 3.51. The number of aromatic nitrogens is 2. The second-order valence-electron chi connectivity index (χ2n) is 8.64. The molecule has 0 saturated carbocycles. The summed E-state index contributed by atoms with van der Waals surface area (Å²) in [6, 6.07) is 13.3. The lowest BCUT2D eigenvalue weighted by Crippen LogP contribution is -2.30. The Balaban J connectivity index is 1.28. The number of amides is 1. The lowest BCUT2D eigenvalue weighted by Gasteiger charge is -2.19. The van der Waals surface area contributed by atoms with E-state index in [2.05, 4.69) is 31.7 Å². The van der Waals surface area contributed by atoms with Crippen LogP contribution in [0.4, 0.5) is 11.5 Å². The number of pyridine rings is 1. The van der Waals surface area contributed by atoms with E-state index in [1.165, 1.54) is 11.5 Å². The first-order chi connectivity index (χ1) is 17.6. The van der Waals surface area contributed by atoms with Crippen molar-refractivity contribution in [2.75, 3.05) is 18.5 Å². The number of nitrogens with one attached hydrogen (secondary N) is 2. The van der Waals surface area contributed by atoms with Crippen LogP contribution in [0.15, 0.2) is 53.7 Å². The number of aliphatic imine (C=N–C) groups is 1. The molecule has 8 nitrogen and oxygen atoms in total. The standard InChI is InChI=1S/C26H22ClN5O3S/c1-28-24(18-6-8-22(33)30-18)15-12-21-25(29-13-15)26(32-36-21)31-17-4-2-3-16(23(17)27)14-5-7-19-20(11-14)35-10-9-34-19/h2-5,7,11-13,18,24H,1,6,8-10H2,(H,30,33)(H,31,32). The molecular formula is C26H22ClN5O3S. The fraction of sp³-hybridized carbons (Fsp3) is 0.231. The van der Waals surface area contributed by atoms with Crippen molar-refractivity contribution in [3.8, 4) is 22.6 Å². The molecule has 4 aromatic rings. The van der Waals surface area contributed by atoms with Crippen molar-refractivity contribution in [3.63, 3.8) is 0 Å². The lowest BCUT2D eigenvalue weighted by atomic mass is 10.00. The van der Waals surface area contributed by atoms with Crippen LogP contribution in [0.5, 0.6) is 11.5 Å². The number of fused-ring (bicyclic) bond motifs is 2. The van der Waals surface area contributed by atoms with Gasteiger partial charge in [0.2, 0.25) is 5.91 Å². The van der Waals surface area contributed by atoms with Crippen LogP contribution in [-0.4, -0.2) is 41.2 Å². The second-order valence-corrected chi connectivity index (χ2v) is 9.82. The van der Waals surface area contributed by atoms with Crippen LogP contribution in [0.1, 0.15) is 24.4 Å². The van der Waals surface area contributed by atoms with Crippen LogP contribution >= 0.6 is 23.1 Å². The Morgan fingerprint density at radius 1 is 1.19 bits per heavy atom. The number of carbonyl (C=O) groups excluding carboxylic acids is 1. The summed E-state index contributed by atoms with van der Waals surface area (Å²) in [5.74, 6) is 2.12. The number of nitrogens with zero attached hydrogens (tertiary/aromatic N) is 3. The van der Waals surface area contributed by atoms with Gasteiger partial charge in [-0.05, 0) is 60.1 Å². The van der Waals surface area contributed by atoms with Gasteiger partial charge in [0.15, 0.2) is 17.3 Å². The molecule has 1 saturated heterocycles. The zero-order valence-electron chi connectivity index (χ0n) is 19.2. The van der Waals surface area contributed by atoms with Crippen LogP contribution in [0.2, 0.25) is 5.02 Å². The molecule has 0 radical (unpaired) electrons. The first-order valence-electron chi connectivity index (χ1n) is 11.6. The Kier molecular flexibility index (Phi) is 5.94. The topological polar surface area (TPSA) is 97.7 Å². The van der Waals surface area contributed by atoms with Gasteiger partial charge in [0, 0.05) is 18.2 Å². The number of rotatable bonds is 6. The lowest BCUT2D eigenvalue weighted by molar-refractivity contribution is -0.119. The molecule has 0 bridgehead atoms. The molecule has 1 fully saturated rings. The van der Waals surface area contributed by atoms with Crippen molar-refractivity contribution in [2.45, 2.75) is 24.9 Å². The third-order valence-corrected chi connectivity index (χ3v) is 7.58. The maximum atomic E-state index is 11.7. The molecule has 2 aliphatic heterocycles. The van der Waals surface area contributed by atoms with E-state index < -0.39 is 0 Å². The van der Waals surface area contributed by atoms with Gasteiger partial charge in [0.25, 0.3) is 0 Å². The monoisotopic (exact) mass is 519 g/mol. The van der Waals surface area contributed by atoms with E-state index in [1.807, 2.05) is 42.5 Å². The quantitative estimate of drug-likeness (QED) is 0.324. The maximum absolute atomic E-state index is 11.7. The van der Waals surface area contributed by atoms with Gasteiger partial charge in [-0.1, -0.05) is 29.8 Å². The van der Waals surface area contributed by atoms with E-state index in [-0.39, 0.29) is 18.0 Å². The van der Waals surface area contributed by atoms with E-state index in [4.69, 9.17) is 21.1 Å². The molecule has 2 aromatic heterocycles. The fourth-order valence-electron chi connectivity index (χ4n) is 4.62. The first kappa shape index (κ1) is 22.8. The van der Waals surface area contributed by atoms with Gasteiger partial charge in [0.1, 0.15) is 18.7 Å². The molecule has 4 heterocycles. The van der Waals surface area contributed by atoms with Gasteiger partial charge >= 0.3 is 0 Å². The predicted molar refractivity (Wildman–Crippen MR) is 142 cm³/mol.